The van der Waals surface area contributed by atoms with E-state index < -0.39 is 36.0 Å². The standard InChI is InChI=1S/C35H56O7/c1-19(2)20-10-15-35(30(39)40)17-16-33(6)21(26(20)35)8-9-24-32(5)13-12-25(31(3,4)23(32)11-14-34(24,33)7)42-29-28(38)27(37)22(36)18-41-29/h20-29,36-38H,1,8-18H2,2-7H3,(H,39,40)/t20-,21?,22?,23?,24?,25-,26?,27-,28+,29-,32-,33+,34+,35?/m0/s1. The van der Waals surface area contributed by atoms with Crippen LogP contribution in [0.15, 0.2) is 12.2 Å². The van der Waals surface area contributed by atoms with Gasteiger partial charge in [-0.2, -0.15) is 0 Å². The number of aliphatic hydroxyl groups is 3. The minimum Gasteiger partial charge on any atom is -0.481 e. The molecule has 7 nitrogen and oxygen atoms in total. The first-order chi connectivity index (χ1) is 19.5. The highest BCUT2D eigenvalue weighted by Crippen LogP contribution is 2.77. The van der Waals surface area contributed by atoms with Crippen LogP contribution in [0.5, 0.6) is 0 Å². The molecule has 0 aromatic carbocycles. The van der Waals surface area contributed by atoms with Crippen LogP contribution in [0, 0.1) is 56.7 Å². The van der Waals surface area contributed by atoms with E-state index in [-0.39, 0.29) is 40.3 Å². The van der Waals surface area contributed by atoms with Crippen molar-refractivity contribution in [2.45, 2.75) is 136 Å². The van der Waals surface area contributed by atoms with Crippen LogP contribution in [-0.2, 0) is 14.3 Å². The molecule has 6 fully saturated rings. The molecule has 6 unspecified atom stereocenters. The normalized spacial score (nSPS) is 55.1. The summed E-state index contributed by atoms with van der Waals surface area (Å²) in [5, 5.41) is 41.3. The Morgan fingerprint density at radius 3 is 2.21 bits per heavy atom. The number of ether oxygens (including phenoxy) is 2. The topological polar surface area (TPSA) is 116 Å². The molecule has 6 rings (SSSR count). The van der Waals surface area contributed by atoms with E-state index in [1.807, 2.05) is 0 Å². The summed E-state index contributed by atoms with van der Waals surface area (Å²) in [5.41, 5.74) is 0.796. The van der Waals surface area contributed by atoms with Crippen molar-refractivity contribution in [1.29, 1.82) is 0 Å². The predicted molar refractivity (Wildman–Crippen MR) is 159 cm³/mol. The second-order valence-electron chi connectivity index (χ2n) is 16.9. The zero-order chi connectivity index (χ0) is 30.6. The molecule has 5 saturated carbocycles. The van der Waals surface area contributed by atoms with Crippen molar-refractivity contribution in [2.24, 2.45) is 56.7 Å². The van der Waals surface area contributed by atoms with E-state index in [1.54, 1.807) is 0 Å². The predicted octanol–water partition coefficient (Wildman–Crippen LogP) is 5.55. The van der Waals surface area contributed by atoms with E-state index in [0.29, 0.717) is 23.7 Å². The van der Waals surface area contributed by atoms with Gasteiger partial charge in [-0.1, -0.05) is 46.8 Å². The number of hydrogen-bond acceptors (Lipinski definition) is 6. The van der Waals surface area contributed by atoms with Crippen molar-refractivity contribution in [3.05, 3.63) is 12.2 Å². The monoisotopic (exact) mass is 588 g/mol. The zero-order valence-corrected chi connectivity index (χ0v) is 26.8. The molecule has 0 bridgehead atoms. The SMILES string of the molecule is C=C(C)[C@@H]1CCC2(C(=O)O)CC[C@]3(C)C(CCC4[C@@]5(C)CC[C@H](O[C@@H]6OCC(O)[C@H](O)[C@H]6O)C(C)(C)C5CC[C@]43C)C12. The fraction of sp³-hybridized carbons (Fsp3) is 0.914. The second-order valence-corrected chi connectivity index (χ2v) is 16.9. The van der Waals surface area contributed by atoms with Crippen LogP contribution in [-0.4, -0.2) is 63.7 Å². The van der Waals surface area contributed by atoms with Crippen molar-refractivity contribution in [1.82, 2.24) is 0 Å². The summed E-state index contributed by atoms with van der Waals surface area (Å²) in [4.78, 5) is 12.9. The molecule has 14 atom stereocenters. The van der Waals surface area contributed by atoms with E-state index in [4.69, 9.17) is 9.47 Å². The Labute approximate surface area is 252 Å². The summed E-state index contributed by atoms with van der Waals surface area (Å²) < 4.78 is 12.1. The van der Waals surface area contributed by atoms with Gasteiger partial charge in [0.2, 0.25) is 0 Å². The molecule has 1 aliphatic heterocycles. The van der Waals surface area contributed by atoms with Gasteiger partial charge in [-0.25, -0.2) is 0 Å². The van der Waals surface area contributed by atoms with Gasteiger partial charge in [0.1, 0.15) is 18.3 Å². The summed E-state index contributed by atoms with van der Waals surface area (Å²) in [6.45, 7) is 18.7. The molecule has 0 aromatic rings. The van der Waals surface area contributed by atoms with Gasteiger partial charge in [0.05, 0.1) is 18.1 Å². The number of aliphatic carboxylic acids is 1. The molecule has 0 aromatic heterocycles. The molecule has 4 N–H and O–H groups in total. The number of fused-ring (bicyclic) bond motifs is 7. The number of carbonyl (C=O) groups is 1. The molecule has 7 heteroatoms. The lowest BCUT2D eigenvalue weighted by Crippen LogP contribution is -2.67. The number of carboxylic acids is 1. The molecule has 5 aliphatic carbocycles. The van der Waals surface area contributed by atoms with Gasteiger partial charge in [0.25, 0.3) is 0 Å². The molecule has 0 radical (unpaired) electrons. The molecule has 0 spiro atoms. The Bertz CT molecular complexity index is 1100. The van der Waals surface area contributed by atoms with Crippen LogP contribution in [0.4, 0.5) is 0 Å². The van der Waals surface area contributed by atoms with Gasteiger partial charge < -0.3 is 29.9 Å². The largest absolute Gasteiger partial charge is 0.481 e. The number of rotatable bonds is 4. The average molecular weight is 589 g/mol. The summed E-state index contributed by atoms with van der Waals surface area (Å²) >= 11 is 0. The molecule has 238 valence electrons. The highest BCUT2D eigenvalue weighted by molar-refractivity contribution is 5.76. The smallest absolute Gasteiger partial charge is 0.309 e. The quantitative estimate of drug-likeness (QED) is 0.251. The van der Waals surface area contributed by atoms with Gasteiger partial charge >= 0.3 is 5.97 Å². The fourth-order valence-electron chi connectivity index (χ4n) is 12.8. The Morgan fingerprint density at radius 2 is 1.55 bits per heavy atom. The van der Waals surface area contributed by atoms with Crippen molar-refractivity contribution in [3.63, 3.8) is 0 Å². The Hall–Kier alpha value is -0.990. The van der Waals surface area contributed by atoms with E-state index in [9.17, 15) is 25.2 Å². The van der Waals surface area contributed by atoms with E-state index in [2.05, 4.69) is 48.1 Å². The third-order valence-electron chi connectivity index (χ3n) is 15.2. The van der Waals surface area contributed by atoms with Crippen molar-refractivity contribution in [3.8, 4) is 0 Å². The maximum atomic E-state index is 12.9. The third kappa shape index (κ3) is 3.98. The average Bonchev–Trinajstić information content (AvgIpc) is 3.32. The summed E-state index contributed by atoms with van der Waals surface area (Å²) in [5.74, 6) is 1.32. The third-order valence-corrected chi connectivity index (χ3v) is 15.2. The van der Waals surface area contributed by atoms with Gasteiger partial charge in [-0.15, -0.1) is 0 Å². The summed E-state index contributed by atoms with van der Waals surface area (Å²) in [7, 11) is 0. The maximum Gasteiger partial charge on any atom is 0.309 e. The lowest BCUT2D eigenvalue weighted by atomic mass is 9.32. The van der Waals surface area contributed by atoms with Crippen LogP contribution in [0.25, 0.3) is 0 Å². The highest BCUT2D eigenvalue weighted by atomic mass is 16.7. The number of carboxylic acid groups (broad SMARTS) is 1. The Kier molecular flexibility index (Phi) is 7.39. The first-order valence-electron chi connectivity index (χ1n) is 16.7. The van der Waals surface area contributed by atoms with Gasteiger partial charge in [-0.05, 0) is 122 Å². The van der Waals surface area contributed by atoms with E-state index in [0.717, 1.165) is 64.2 Å². The maximum absolute atomic E-state index is 12.9. The minimum absolute atomic E-state index is 0.0479. The minimum atomic E-state index is -1.27. The molecular weight excluding hydrogens is 532 g/mol. The van der Waals surface area contributed by atoms with Crippen LogP contribution in [0.3, 0.4) is 0 Å². The van der Waals surface area contributed by atoms with Crippen LogP contribution in [0.1, 0.15) is 106 Å². The Morgan fingerprint density at radius 1 is 0.833 bits per heavy atom. The zero-order valence-electron chi connectivity index (χ0n) is 26.8. The van der Waals surface area contributed by atoms with E-state index in [1.165, 1.54) is 5.57 Å². The first kappa shape index (κ1) is 31.0. The highest BCUT2D eigenvalue weighted by Gasteiger charge is 2.72. The Balaban J connectivity index is 1.28. The molecule has 1 heterocycles. The summed E-state index contributed by atoms with van der Waals surface area (Å²) in [6, 6.07) is 0. The number of aliphatic hydroxyl groups excluding tert-OH is 3. The number of hydrogen-bond donors (Lipinski definition) is 4. The van der Waals surface area contributed by atoms with Gasteiger partial charge in [0.15, 0.2) is 6.29 Å². The van der Waals surface area contributed by atoms with Crippen molar-refractivity contribution < 1.29 is 34.7 Å². The van der Waals surface area contributed by atoms with Crippen LogP contribution in [0.2, 0.25) is 0 Å². The fourth-order valence-corrected chi connectivity index (χ4v) is 12.8. The number of allylic oxidation sites excluding steroid dienone is 1. The molecular formula is C35H56O7. The van der Waals surface area contributed by atoms with Gasteiger partial charge in [-0.3, -0.25) is 4.79 Å². The van der Waals surface area contributed by atoms with Crippen LogP contribution < -0.4 is 0 Å². The van der Waals surface area contributed by atoms with Gasteiger partial charge in [0, 0.05) is 0 Å². The lowest BCUT2D eigenvalue weighted by Gasteiger charge is -2.73. The molecule has 1 saturated heterocycles. The lowest BCUT2D eigenvalue weighted by molar-refractivity contribution is -0.311. The van der Waals surface area contributed by atoms with E-state index >= 15 is 0 Å². The van der Waals surface area contributed by atoms with Crippen molar-refractivity contribution in [2.75, 3.05) is 6.61 Å². The van der Waals surface area contributed by atoms with Crippen LogP contribution >= 0.6 is 0 Å². The molecule has 42 heavy (non-hydrogen) atoms. The summed E-state index contributed by atoms with van der Waals surface area (Å²) in [6.07, 6.45) is 5.23. The van der Waals surface area contributed by atoms with Crippen molar-refractivity contribution >= 4 is 5.97 Å². The molecule has 6 aliphatic rings. The first-order valence-corrected chi connectivity index (χ1v) is 16.7. The molecule has 0 amide bonds. The second kappa shape index (κ2) is 10.0.